The van der Waals surface area contributed by atoms with E-state index in [1.807, 2.05) is 12.1 Å². The molecule has 8 nitrogen and oxygen atoms in total. The van der Waals surface area contributed by atoms with Crippen molar-refractivity contribution in [3.63, 3.8) is 0 Å². The molecule has 1 aromatic carbocycles. The molecule has 5 rings (SSSR count). The summed E-state index contributed by atoms with van der Waals surface area (Å²) in [4.78, 5) is 58.4. The lowest BCUT2D eigenvalue weighted by Crippen LogP contribution is -2.49. The van der Waals surface area contributed by atoms with Crippen molar-refractivity contribution in [2.45, 2.75) is 38.1 Å². The fourth-order valence-electron chi connectivity index (χ4n) is 5.91. The van der Waals surface area contributed by atoms with Gasteiger partial charge in [-0.25, -0.2) is 0 Å². The first kappa shape index (κ1) is 24.4. The quantitative estimate of drug-likeness (QED) is 0.336. The molecule has 1 aromatic rings. The van der Waals surface area contributed by atoms with Crippen LogP contribution in [0, 0.1) is 5.92 Å². The number of alkyl halides is 1. The number of nitrogens with zero attached hydrogens (tertiary/aromatic N) is 4. The topological polar surface area (TPSA) is 81.2 Å². The number of imide groups is 1. The number of anilines is 1. The van der Waals surface area contributed by atoms with Crippen LogP contribution in [-0.4, -0.2) is 102 Å². The van der Waals surface area contributed by atoms with Crippen LogP contribution in [0.1, 0.15) is 52.8 Å². The van der Waals surface area contributed by atoms with Crippen LogP contribution in [0.5, 0.6) is 0 Å². The van der Waals surface area contributed by atoms with Gasteiger partial charge in [-0.2, -0.15) is 0 Å². The van der Waals surface area contributed by atoms with Crippen LogP contribution in [0.3, 0.4) is 0 Å². The molecule has 188 valence electrons. The van der Waals surface area contributed by atoms with Crippen LogP contribution >= 0.6 is 11.6 Å². The fourth-order valence-corrected chi connectivity index (χ4v) is 6.15. The van der Waals surface area contributed by atoms with E-state index in [4.69, 9.17) is 11.6 Å². The van der Waals surface area contributed by atoms with Gasteiger partial charge in [-0.05, 0) is 43.4 Å². The Balaban J connectivity index is 1.18. The Bertz CT molecular complexity index is 1010. The van der Waals surface area contributed by atoms with Gasteiger partial charge in [0.1, 0.15) is 5.78 Å². The summed E-state index contributed by atoms with van der Waals surface area (Å²) in [5.41, 5.74) is 1.67. The van der Waals surface area contributed by atoms with E-state index in [1.165, 1.54) is 0 Å². The molecule has 0 N–H and O–H groups in total. The van der Waals surface area contributed by atoms with Crippen LogP contribution in [0.25, 0.3) is 0 Å². The Kier molecular flexibility index (Phi) is 7.23. The Morgan fingerprint density at radius 2 is 1.51 bits per heavy atom. The van der Waals surface area contributed by atoms with E-state index in [2.05, 4.69) is 14.7 Å². The van der Waals surface area contributed by atoms with Crippen molar-refractivity contribution in [2.75, 3.05) is 63.1 Å². The van der Waals surface area contributed by atoms with E-state index in [0.717, 1.165) is 75.8 Å². The number of Topliss-reactive ketones (excluding diaryl/α,β-unsaturated/α-hetero) is 2. The molecule has 0 aromatic heterocycles. The molecule has 2 saturated heterocycles. The molecule has 3 heterocycles. The molecule has 2 amide bonds. The molecule has 1 atom stereocenters. The van der Waals surface area contributed by atoms with Crippen molar-refractivity contribution < 1.29 is 19.2 Å². The highest BCUT2D eigenvalue weighted by atomic mass is 35.5. The molecule has 0 spiro atoms. The van der Waals surface area contributed by atoms with Gasteiger partial charge < -0.3 is 9.80 Å². The van der Waals surface area contributed by atoms with E-state index in [-0.39, 0.29) is 30.8 Å². The largest absolute Gasteiger partial charge is 0.371 e. The van der Waals surface area contributed by atoms with Gasteiger partial charge in [-0.15, -0.1) is 11.6 Å². The number of ketones is 2. The zero-order valence-electron chi connectivity index (χ0n) is 20.1. The van der Waals surface area contributed by atoms with Crippen molar-refractivity contribution in [2.24, 2.45) is 5.92 Å². The third-order valence-corrected chi connectivity index (χ3v) is 8.18. The highest BCUT2D eigenvalue weighted by Crippen LogP contribution is 2.33. The summed E-state index contributed by atoms with van der Waals surface area (Å²) in [6.45, 7) is 8.33. The number of piperazine rings is 1. The maximum absolute atomic E-state index is 13.1. The average Bonchev–Trinajstić information content (AvgIpc) is 3.10. The number of carbonyl (C=O) groups is 4. The van der Waals surface area contributed by atoms with Gasteiger partial charge in [-0.3, -0.25) is 29.0 Å². The Labute approximate surface area is 211 Å². The third kappa shape index (κ3) is 5.01. The van der Waals surface area contributed by atoms with Gasteiger partial charge in [-0.1, -0.05) is 0 Å². The number of amides is 2. The van der Waals surface area contributed by atoms with Crippen LogP contribution in [0.4, 0.5) is 5.69 Å². The van der Waals surface area contributed by atoms with Gasteiger partial charge in [0.2, 0.25) is 0 Å². The summed E-state index contributed by atoms with van der Waals surface area (Å²) >= 11 is 5.87. The van der Waals surface area contributed by atoms with Crippen LogP contribution in [0.2, 0.25) is 0 Å². The lowest BCUT2D eigenvalue weighted by atomic mass is 9.92. The van der Waals surface area contributed by atoms with Crippen LogP contribution < -0.4 is 4.90 Å². The second-order valence-corrected chi connectivity index (χ2v) is 10.6. The fraction of sp³-hybridized carbons (Fsp3) is 0.615. The molecule has 0 radical (unpaired) electrons. The Morgan fingerprint density at radius 3 is 2.20 bits per heavy atom. The van der Waals surface area contributed by atoms with E-state index < -0.39 is 17.9 Å². The standard InChI is InChI=1S/C26H33ClN4O4/c27-7-10-28-11-13-29(14-12-28)17-18-5-8-30(9-6-18)19-1-3-21-22(15-19)26(35)31(25(21)34)23-4-2-20(32)16-24(23)33/h1,3,15,18,23H,2,4-14,16-17H2. The van der Waals surface area contributed by atoms with Gasteiger partial charge >= 0.3 is 0 Å². The van der Waals surface area contributed by atoms with Crippen LogP contribution in [0.15, 0.2) is 18.2 Å². The molecule has 3 fully saturated rings. The maximum atomic E-state index is 13.1. The highest BCUT2D eigenvalue weighted by Gasteiger charge is 2.44. The number of rotatable bonds is 6. The maximum Gasteiger partial charge on any atom is 0.262 e. The van der Waals surface area contributed by atoms with Crippen LogP contribution in [-0.2, 0) is 9.59 Å². The number of halogens is 1. The first-order valence-electron chi connectivity index (χ1n) is 12.8. The van der Waals surface area contributed by atoms with Crippen molar-refractivity contribution in [3.8, 4) is 0 Å². The predicted molar refractivity (Wildman–Crippen MR) is 133 cm³/mol. The number of piperidine rings is 1. The molecular formula is C26H33ClN4O4. The second-order valence-electron chi connectivity index (χ2n) is 10.2. The van der Waals surface area contributed by atoms with Crippen molar-refractivity contribution in [1.82, 2.24) is 14.7 Å². The zero-order chi connectivity index (χ0) is 24.5. The van der Waals surface area contributed by atoms with E-state index >= 15 is 0 Å². The Morgan fingerprint density at radius 1 is 0.829 bits per heavy atom. The van der Waals surface area contributed by atoms with Gasteiger partial charge in [0.15, 0.2) is 5.78 Å². The normalized spacial score (nSPS) is 25.0. The minimum absolute atomic E-state index is 0.123. The molecule has 4 aliphatic rings. The summed E-state index contributed by atoms with van der Waals surface area (Å²) < 4.78 is 0. The van der Waals surface area contributed by atoms with E-state index in [1.54, 1.807) is 6.07 Å². The second kappa shape index (κ2) is 10.4. The first-order valence-corrected chi connectivity index (χ1v) is 13.3. The average molecular weight is 501 g/mol. The molecular weight excluding hydrogens is 468 g/mol. The zero-order valence-corrected chi connectivity index (χ0v) is 20.8. The number of fused-ring (bicyclic) bond motifs is 1. The number of hydrogen-bond donors (Lipinski definition) is 0. The highest BCUT2D eigenvalue weighted by molar-refractivity contribution is 6.24. The SMILES string of the molecule is O=C1CCC(N2C(=O)c3ccc(N4CCC(CN5CCN(CCCl)CC5)CC4)cc3C2=O)C(=O)C1. The van der Waals surface area contributed by atoms with E-state index in [0.29, 0.717) is 22.9 Å². The van der Waals surface area contributed by atoms with Gasteiger partial charge in [0.05, 0.1) is 23.6 Å². The van der Waals surface area contributed by atoms with Gasteiger partial charge in [0, 0.05) is 70.3 Å². The number of benzene rings is 1. The van der Waals surface area contributed by atoms with E-state index in [9.17, 15) is 19.2 Å². The summed E-state index contributed by atoms with van der Waals surface area (Å²) in [5.74, 6) is 0.0648. The summed E-state index contributed by atoms with van der Waals surface area (Å²) in [7, 11) is 0. The first-order chi connectivity index (χ1) is 16.9. The molecule has 0 bridgehead atoms. The van der Waals surface area contributed by atoms with Crippen molar-refractivity contribution in [3.05, 3.63) is 29.3 Å². The molecule has 9 heteroatoms. The van der Waals surface area contributed by atoms with Crippen molar-refractivity contribution >= 4 is 40.7 Å². The third-order valence-electron chi connectivity index (χ3n) is 8.01. The van der Waals surface area contributed by atoms with Gasteiger partial charge in [0.25, 0.3) is 11.8 Å². The lowest BCUT2D eigenvalue weighted by molar-refractivity contribution is -0.132. The molecule has 1 unspecified atom stereocenters. The smallest absolute Gasteiger partial charge is 0.262 e. The summed E-state index contributed by atoms with van der Waals surface area (Å²) in [6, 6.07) is 4.62. The monoisotopic (exact) mass is 500 g/mol. The molecule has 1 saturated carbocycles. The minimum atomic E-state index is -0.823. The minimum Gasteiger partial charge on any atom is -0.371 e. The summed E-state index contributed by atoms with van der Waals surface area (Å²) in [6.07, 6.45) is 2.46. The molecule has 1 aliphatic carbocycles. The van der Waals surface area contributed by atoms with Crippen molar-refractivity contribution in [1.29, 1.82) is 0 Å². The Hall–Kier alpha value is -2.29. The molecule has 3 aliphatic heterocycles. The number of hydrogen-bond acceptors (Lipinski definition) is 7. The summed E-state index contributed by atoms with van der Waals surface area (Å²) in [5, 5.41) is 0. The molecule has 35 heavy (non-hydrogen) atoms. The number of carbonyl (C=O) groups excluding carboxylic acids is 4. The lowest BCUT2D eigenvalue weighted by Gasteiger charge is -2.39. The predicted octanol–water partition coefficient (Wildman–Crippen LogP) is 2.05.